The van der Waals surface area contributed by atoms with Gasteiger partial charge < -0.3 is 10.1 Å². The van der Waals surface area contributed by atoms with Gasteiger partial charge in [0, 0.05) is 17.1 Å². The predicted molar refractivity (Wildman–Crippen MR) is 88.5 cm³/mol. The molecule has 1 amide bonds. The molecule has 1 N–H and O–H groups in total. The number of hydrogen-bond donors (Lipinski definition) is 1. The number of thiophene rings is 1. The number of carbonyl (C=O) groups is 1. The highest BCUT2D eigenvalue weighted by molar-refractivity contribution is 7.08. The number of rotatable bonds is 4. The Morgan fingerprint density at radius 3 is 2.73 bits per heavy atom. The van der Waals surface area contributed by atoms with Crippen LogP contribution < -0.4 is 10.1 Å². The van der Waals surface area contributed by atoms with Crippen LogP contribution >= 0.6 is 11.3 Å². The molecule has 0 saturated heterocycles. The van der Waals surface area contributed by atoms with Crippen LogP contribution in [0, 0.1) is 0 Å². The zero-order chi connectivity index (χ0) is 15.4. The fourth-order valence-corrected chi connectivity index (χ4v) is 2.70. The molecule has 4 nitrogen and oxygen atoms in total. The fraction of sp³-hybridized carbons (Fsp3) is 0.0588. The van der Waals surface area contributed by atoms with Crippen molar-refractivity contribution in [2.24, 2.45) is 0 Å². The van der Waals surface area contributed by atoms with Crippen molar-refractivity contribution in [2.45, 2.75) is 0 Å². The van der Waals surface area contributed by atoms with Crippen LogP contribution in [0.15, 0.2) is 59.4 Å². The van der Waals surface area contributed by atoms with Crippen molar-refractivity contribution >= 4 is 22.9 Å². The van der Waals surface area contributed by atoms with Crippen molar-refractivity contribution in [1.29, 1.82) is 0 Å². The predicted octanol–water partition coefficient (Wildman–Crippen LogP) is 4.07. The van der Waals surface area contributed by atoms with Gasteiger partial charge in [-0.05, 0) is 35.7 Å². The molecule has 0 aliphatic carbocycles. The molecule has 110 valence electrons. The number of pyridine rings is 1. The monoisotopic (exact) mass is 310 g/mol. The van der Waals surface area contributed by atoms with E-state index in [2.05, 4.69) is 10.3 Å². The zero-order valence-corrected chi connectivity index (χ0v) is 12.8. The number of anilines is 1. The number of carbonyl (C=O) groups excluding carboxylic acids is 1. The van der Waals surface area contributed by atoms with Gasteiger partial charge in [0.2, 0.25) is 0 Å². The number of nitrogens with zero attached hydrogens (tertiary/aromatic N) is 1. The van der Waals surface area contributed by atoms with Crippen molar-refractivity contribution in [3.8, 4) is 17.0 Å². The highest BCUT2D eigenvalue weighted by Crippen LogP contribution is 2.24. The Morgan fingerprint density at radius 2 is 2.05 bits per heavy atom. The number of methoxy groups -OCH3 is 1. The van der Waals surface area contributed by atoms with Gasteiger partial charge in [0.1, 0.15) is 5.75 Å². The minimum absolute atomic E-state index is 0.214. The van der Waals surface area contributed by atoms with Crippen LogP contribution in [0.25, 0.3) is 11.3 Å². The third kappa shape index (κ3) is 2.99. The smallest absolute Gasteiger partial charge is 0.257 e. The molecule has 0 atom stereocenters. The topological polar surface area (TPSA) is 51.2 Å². The Labute approximate surface area is 132 Å². The van der Waals surface area contributed by atoms with Gasteiger partial charge in [-0.15, -0.1) is 0 Å². The lowest BCUT2D eigenvalue weighted by Crippen LogP contribution is -2.12. The maximum Gasteiger partial charge on any atom is 0.257 e. The molecule has 5 heteroatoms. The minimum atomic E-state index is -0.214. The molecular weight excluding hydrogens is 296 g/mol. The molecule has 0 aliphatic heterocycles. The highest BCUT2D eigenvalue weighted by atomic mass is 32.1. The van der Waals surface area contributed by atoms with Crippen LogP contribution in [0.1, 0.15) is 10.4 Å². The third-order valence-corrected chi connectivity index (χ3v) is 3.88. The number of amides is 1. The lowest BCUT2D eigenvalue weighted by Gasteiger charge is -2.09. The molecule has 0 saturated carbocycles. The van der Waals surface area contributed by atoms with Crippen LogP contribution in [0.4, 0.5) is 5.69 Å². The minimum Gasteiger partial charge on any atom is -0.495 e. The first kappa shape index (κ1) is 14.3. The average molecular weight is 310 g/mol. The maximum absolute atomic E-state index is 12.3. The Morgan fingerprint density at radius 1 is 1.18 bits per heavy atom. The van der Waals surface area contributed by atoms with Crippen molar-refractivity contribution in [2.75, 3.05) is 12.4 Å². The van der Waals surface area contributed by atoms with E-state index in [0.717, 1.165) is 11.3 Å². The largest absolute Gasteiger partial charge is 0.495 e. The van der Waals surface area contributed by atoms with E-state index < -0.39 is 0 Å². The van der Waals surface area contributed by atoms with Crippen LogP contribution in [-0.2, 0) is 0 Å². The van der Waals surface area contributed by atoms with Gasteiger partial charge in [-0.1, -0.05) is 12.1 Å². The van der Waals surface area contributed by atoms with E-state index >= 15 is 0 Å². The van der Waals surface area contributed by atoms with Crippen molar-refractivity contribution in [3.63, 3.8) is 0 Å². The summed E-state index contributed by atoms with van der Waals surface area (Å²) in [6, 6.07) is 12.9. The highest BCUT2D eigenvalue weighted by Gasteiger charge is 2.10. The van der Waals surface area contributed by atoms with Crippen LogP contribution in [-0.4, -0.2) is 18.0 Å². The average Bonchev–Trinajstić information content (AvgIpc) is 3.10. The van der Waals surface area contributed by atoms with Gasteiger partial charge in [-0.25, -0.2) is 0 Å². The summed E-state index contributed by atoms with van der Waals surface area (Å²) in [6.45, 7) is 0. The zero-order valence-electron chi connectivity index (χ0n) is 11.9. The summed E-state index contributed by atoms with van der Waals surface area (Å²) < 4.78 is 5.22. The van der Waals surface area contributed by atoms with E-state index in [1.165, 1.54) is 0 Å². The first-order chi connectivity index (χ1) is 10.8. The maximum atomic E-state index is 12.3. The lowest BCUT2D eigenvalue weighted by molar-refractivity contribution is 0.102. The number of benzene rings is 1. The first-order valence-electron chi connectivity index (χ1n) is 6.71. The van der Waals surface area contributed by atoms with Gasteiger partial charge >= 0.3 is 0 Å². The number of aromatic nitrogens is 1. The third-order valence-electron chi connectivity index (χ3n) is 3.20. The summed E-state index contributed by atoms with van der Waals surface area (Å²) in [4.78, 5) is 16.6. The molecule has 0 bridgehead atoms. The number of para-hydroxylation sites is 2. The van der Waals surface area contributed by atoms with E-state index in [4.69, 9.17) is 4.74 Å². The van der Waals surface area contributed by atoms with E-state index in [0.29, 0.717) is 17.0 Å². The van der Waals surface area contributed by atoms with Gasteiger partial charge in [-0.2, -0.15) is 11.3 Å². The Kier molecular flexibility index (Phi) is 4.16. The van der Waals surface area contributed by atoms with E-state index in [1.54, 1.807) is 42.8 Å². The van der Waals surface area contributed by atoms with Gasteiger partial charge in [-0.3, -0.25) is 9.78 Å². The van der Waals surface area contributed by atoms with Gasteiger partial charge in [0.05, 0.1) is 24.1 Å². The molecular formula is C17H14N2O2S. The molecule has 0 unspecified atom stereocenters. The second kappa shape index (κ2) is 6.41. The molecule has 0 aliphatic rings. The van der Waals surface area contributed by atoms with Gasteiger partial charge in [0.15, 0.2) is 0 Å². The van der Waals surface area contributed by atoms with Crippen LogP contribution in [0.3, 0.4) is 0 Å². The summed E-state index contributed by atoms with van der Waals surface area (Å²) in [7, 11) is 1.57. The molecule has 0 radical (unpaired) electrons. The lowest BCUT2D eigenvalue weighted by atomic mass is 10.2. The Balaban J connectivity index is 1.78. The Hall–Kier alpha value is -2.66. The van der Waals surface area contributed by atoms with Crippen LogP contribution in [0.2, 0.25) is 0 Å². The number of ether oxygens (including phenoxy) is 1. The number of hydrogen-bond acceptors (Lipinski definition) is 4. The van der Waals surface area contributed by atoms with E-state index in [9.17, 15) is 4.79 Å². The summed E-state index contributed by atoms with van der Waals surface area (Å²) in [5.41, 5.74) is 3.05. The molecule has 0 fully saturated rings. The molecule has 22 heavy (non-hydrogen) atoms. The van der Waals surface area contributed by atoms with Crippen molar-refractivity contribution < 1.29 is 9.53 Å². The Bertz CT molecular complexity index is 768. The summed E-state index contributed by atoms with van der Waals surface area (Å²) in [5, 5.41) is 6.85. The van der Waals surface area contributed by atoms with Crippen molar-refractivity contribution in [1.82, 2.24) is 4.98 Å². The first-order valence-corrected chi connectivity index (χ1v) is 7.65. The second-order valence-electron chi connectivity index (χ2n) is 4.60. The standard InChI is InChI=1S/C17H14N2O2S/c1-21-16-5-3-2-4-15(16)19-17(20)12-6-7-14(18-10-12)13-8-9-22-11-13/h2-11H,1H3,(H,19,20). The van der Waals surface area contributed by atoms with Crippen molar-refractivity contribution in [3.05, 3.63) is 65.0 Å². The number of nitrogens with one attached hydrogen (secondary N) is 1. The SMILES string of the molecule is COc1ccccc1NC(=O)c1ccc(-c2ccsc2)nc1. The second-order valence-corrected chi connectivity index (χ2v) is 5.38. The summed E-state index contributed by atoms with van der Waals surface area (Å²) in [5.74, 6) is 0.410. The molecule has 2 heterocycles. The molecule has 3 rings (SSSR count). The molecule has 1 aromatic carbocycles. The molecule has 3 aromatic rings. The molecule has 2 aromatic heterocycles. The molecule has 0 spiro atoms. The quantitative estimate of drug-likeness (QED) is 0.790. The van der Waals surface area contributed by atoms with Gasteiger partial charge in [0.25, 0.3) is 5.91 Å². The normalized spacial score (nSPS) is 10.2. The summed E-state index contributed by atoms with van der Waals surface area (Å²) in [6.07, 6.45) is 1.58. The van der Waals surface area contributed by atoms with Crippen LogP contribution in [0.5, 0.6) is 5.75 Å². The summed E-state index contributed by atoms with van der Waals surface area (Å²) >= 11 is 1.62. The fourth-order valence-electron chi connectivity index (χ4n) is 2.05. The van der Waals surface area contributed by atoms with E-state index in [1.807, 2.05) is 35.0 Å². The van der Waals surface area contributed by atoms with E-state index in [-0.39, 0.29) is 5.91 Å².